The molecule has 4 aromatic rings. The second-order valence-electron chi connectivity index (χ2n) is 7.87. The Morgan fingerprint density at radius 2 is 1.59 bits per heavy atom. The van der Waals surface area contributed by atoms with E-state index in [0.717, 1.165) is 22.3 Å². The quantitative estimate of drug-likeness (QED) is 0.353. The zero-order valence-electron chi connectivity index (χ0n) is 19.7. The number of hydrogen-bond acceptors (Lipinski definition) is 6. The van der Waals surface area contributed by atoms with E-state index >= 15 is 0 Å². The van der Waals surface area contributed by atoms with Gasteiger partial charge in [-0.25, -0.2) is 0 Å². The first-order chi connectivity index (χ1) is 16.5. The molecule has 0 bridgehead atoms. The van der Waals surface area contributed by atoms with Crippen LogP contribution in [0.4, 0.5) is 0 Å². The fraction of sp³-hybridized carbons (Fsp3) is 0.222. The van der Waals surface area contributed by atoms with Gasteiger partial charge in [0.2, 0.25) is 11.8 Å². The van der Waals surface area contributed by atoms with Gasteiger partial charge in [-0.1, -0.05) is 23.8 Å². The molecule has 7 heteroatoms. The third kappa shape index (κ3) is 4.93. The molecular formula is C27H27N3O4. The molecule has 0 saturated heterocycles. The van der Waals surface area contributed by atoms with Gasteiger partial charge in [-0.05, 0) is 67.9 Å². The summed E-state index contributed by atoms with van der Waals surface area (Å²) in [6, 6.07) is 20.8. The first-order valence-electron chi connectivity index (χ1n) is 11.0. The Morgan fingerprint density at radius 1 is 0.882 bits per heavy atom. The lowest BCUT2D eigenvalue weighted by molar-refractivity contribution is 0.0752. The third-order valence-corrected chi connectivity index (χ3v) is 5.56. The fourth-order valence-corrected chi connectivity index (χ4v) is 3.70. The number of benzene rings is 3. The topological polar surface area (TPSA) is 77.7 Å². The zero-order valence-corrected chi connectivity index (χ0v) is 19.7. The average Bonchev–Trinajstić information content (AvgIpc) is 3.37. The maximum atomic E-state index is 13.1. The first kappa shape index (κ1) is 23.0. The van der Waals surface area contributed by atoms with Gasteiger partial charge in [0.15, 0.2) is 11.5 Å². The summed E-state index contributed by atoms with van der Waals surface area (Å²) in [6.45, 7) is 5.00. The molecule has 1 amide bonds. The second-order valence-corrected chi connectivity index (χ2v) is 7.87. The van der Waals surface area contributed by atoms with E-state index in [-0.39, 0.29) is 5.91 Å². The van der Waals surface area contributed by atoms with Gasteiger partial charge in [0, 0.05) is 29.8 Å². The Bertz CT molecular complexity index is 1280. The van der Waals surface area contributed by atoms with Crippen molar-refractivity contribution in [3.63, 3.8) is 0 Å². The molecule has 7 nitrogen and oxygen atoms in total. The normalized spacial score (nSPS) is 10.7. The molecule has 0 saturated carbocycles. The molecule has 0 atom stereocenters. The number of amides is 1. The maximum Gasteiger partial charge on any atom is 0.254 e. The summed E-state index contributed by atoms with van der Waals surface area (Å²) in [4.78, 5) is 14.9. The maximum absolute atomic E-state index is 13.1. The molecule has 3 aromatic carbocycles. The molecule has 174 valence electrons. The van der Waals surface area contributed by atoms with Crippen LogP contribution in [0.25, 0.3) is 22.9 Å². The average molecular weight is 458 g/mol. The number of rotatable bonds is 8. The van der Waals surface area contributed by atoms with Gasteiger partial charge in [0.1, 0.15) is 0 Å². The number of carbonyl (C=O) groups is 1. The van der Waals surface area contributed by atoms with Crippen molar-refractivity contribution in [3.05, 3.63) is 83.4 Å². The smallest absolute Gasteiger partial charge is 0.254 e. The van der Waals surface area contributed by atoms with Gasteiger partial charge < -0.3 is 18.8 Å². The molecule has 34 heavy (non-hydrogen) atoms. The van der Waals surface area contributed by atoms with E-state index in [1.165, 1.54) is 0 Å². The summed E-state index contributed by atoms with van der Waals surface area (Å²) >= 11 is 0. The largest absolute Gasteiger partial charge is 0.493 e. The molecule has 0 fully saturated rings. The van der Waals surface area contributed by atoms with Crippen molar-refractivity contribution in [1.29, 1.82) is 0 Å². The second kappa shape index (κ2) is 10.2. The molecule has 0 aliphatic heterocycles. The molecule has 0 N–H and O–H groups in total. The lowest BCUT2D eigenvalue weighted by atomic mass is 10.1. The number of methoxy groups -OCH3 is 2. The highest BCUT2D eigenvalue weighted by Gasteiger charge is 2.17. The Hall–Kier alpha value is -4.13. The highest BCUT2D eigenvalue weighted by molar-refractivity contribution is 5.94. The predicted octanol–water partition coefficient (Wildman–Crippen LogP) is 5.39. The van der Waals surface area contributed by atoms with E-state index in [1.54, 1.807) is 31.3 Å². The summed E-state index contributed by atoms with van der Waals surface area (Å²) in [6.07, 6.45) is 0. The lowest BCUT2D eigenvalue weighted by Crippen LogP contribution is -2.30. The number of nitrogens with zero attached hydrogens (tertiary/aromatic N) is 3. The first-order valence-corrected chi connectivity index (χ1v) is 11.0. The van der Waals surface area contributed by atoms with Crippen molar-refractivity contribution in [1.82, 2.24) is 15.1 Å². The van der Waals surface area contributed by atoms with Crippen LogP contribution in [0.2, 0.25) is 0 Å². The van der Waals surface area contributed by atoms with Crippen LogP contribution in [0.5, 0.6) is 11.5 Å². The Labute approximate surface area is 199 Å². The van der Waals surface area contributed by atoms with Gasteiger partial charge >= 0.3 is 0 Å². The number of carbonyl (C=O) groups excluding carboxylic acids is 1. The minimum atomic E-state index is -0.0604. The standard InChI is InChI=1S/C27H27N3O4/c1-5-30(17-19-9-14-23(32-3)24(16-19)33-4)27(31)21-12-10-20(11-13-21)25-28-29-26(34-25)22-8-6-7-18(2)15-22/h6-16H,5,17H2,1-4H3. The summed E-state index contributed by atoms with van der Waals surface area (Å²) in [5.74, 6) is 2.11. The van der Waals surface area contributed by atoms with Crippen molar-refractivity contribution >= 4 is 5.91 Å². The van der Waals surface area contributed by atoms with E-state index in [4.69, 9.17) is 13.9 Å². The number of aromatic nitrogens is 2. The molecule has 1 aromatic heterocycles. The van der Waals surface area contributed by atoms with Crippen molar-refractivity contribution in [3.8, 4) is 34.4 Å². The summed E-state index contributed by atoms with van der Waals surface area (Å²) in [7, 11) is 3.19. The van der Waals surface area contributed by atoms with Crippen LogP contribution in [-0.4, -0.2) is 41.8 Å². The van der Waals surface area contributed by atoms with Crippen LogP contribution in [0, 0.1) is 6.92 Å². The molecule has 0 spiro atoms. The van der Waals surface area contributed by atoms with E-state index in [2.05, 4.69) is 10.2 Å². The molecule has 0 unspecified atom stereocenters. The molecule has 1 heterocycles. The van der Waals surface area contributed by atoms with Crippen LogP contribution in [0.3, 0.4) is 0 Å². The zero-order chi connectivity index (χ0) is 24.1. The van der Waals surface area contributed by atoms with Gasteiger partial charge in [0.25, 0.3) is 5.91 Å². The van der Waals surface area contributed by atoms with Gasteiger partial charge in [-0.15, -0.1) is 10.2 Å². The molecule has 0 aliphatic rings. The lowest BCUT2D eigenvalue weighted by Gasteiger charge is -2.22. The number of aryl methyl sites for hydroxylation is 1. The summed E-state index contributed by atoms with van der Waals surface area (Å²) in [5.41, 5.74) is 4.29. The minimum absolute atomic E-state index is 0.0604. The van der Waals surface area contributed by atoms with Crippen molar-refractivity contribution in [2.75, 3.05) is 20.8 Å². The Morgan fingerprint density at radius 3 is 2.24 bits per heavy atom. The van der Waals surface area contributed by atoms with Crippen molar-refractivity contribution in [2.45, 2.75) is 20.4 Å². The monoisotopic (exact) mass is 457 g/mol. The molecule has 4 rings (SSSR count). The van der Waals surface area contributed by atoms with E-state index in [1.807, 2.05) is 68.4 Å². The van der Waals surface area contributed by atoms with Crippen LogP contribution in [0.15, 0.2) is 71.1 Å². The fourth-order valence-electron chi connectivity index (χ4n) is 3.70. The molecule has 0 radical (unpaired) electrons. The highest BCUT2D eigenvalue weighted by atomic mass is 16.5. The minimum Gasteiger partial charge on any atom is -0.493 e. The van der Waals surface area contributed by atoms with Crippen molar-refractivity contribution in [2.24, 2.45) is 0 Å². The van der Waals surface area contributed by atoms with E-state index < -0.39 is 0 Å². The van der Waals surface area contributed by atoms with Crippen LogP contribution >= 0.6 is 0 Å². The molecule has 0 aliphatic carbocycles. The van der Waals surface area contributed by atoms with Crippen LogP contribution < -0.4 is 9.47 Å². The third-order valence-electron chi connectivity index (χ3n) is 5.56. The number of ether oxygens (including phenoxy) is 2. The number of hydrogen-bond donors (Lipinski definition) is 0. The Kier molecular flexibility index (Phi) is 6.92. The summed E-state index contributed by atoms with van der Waals surface area (Å²) in [5, 5.41) is 8.34. The van der Waals surface area contributed by atoms with Gasteiger partial charge in [-0.3, -0.25) is 4.79 Å². The SMILES string of the molecule is CCN(Cc1ccc(OC)c(OC)c1)C(=O)c1ccc(-c2nnc(-c3cccc(C)c3)o2)cc1. The van der Waals surface area contributed by atoms with Gasteiger partial charge in [0.05, 0.1) is 14.2 Å². The van der Waals surface area contributed by atoms with Gasteiger partial charge in [-0.2, -0.15) is 0 Å². The molecular weight excluding hydrogens is 430 g/mol. The predicted molar refractivity (Wildman–Crippen MR) is 130 cm³/mol. The van der Waals surface area contributed by atoms with E-state index in [9.17, 15) is 4.79 Å². The van der Waals surface area contributed by atoms with Crippen molar-refractivity contribution < 1.29 is 18.7 Å². The highest BCUT2D eigenvalue weighted by Crippen LogP contribution is 2.29. The Balaban J connectivity index is 1.49. The summed E-state index contributed by atoms with van der Waals surface area (Å²) < 4.78 is 16.5. The van der Waals surface area contributed by atoms with E-state index in [0.29, 0.717) is 41.9 Å². The van der Waals surface area contributed by atoms with Crippen LogP contribution in [-0.2, 0) is 6.54 Å². The van der Waals surface area contributed by atoms with Crippen LogP contribution in [0.1, 0.15) is 28.4 Å².